The summed E-state index contributed by atoms with van der Waals surface area (Å²) in [6.45, 7) is 0.775. The summed E-state index contributed by atoms with van der Waals surface area (Å²) in [5, 5.41) is 9.21. The summed E-state index contributed by atoms with van der Waals surface area (Å²) in [4.78, 5) is 25.4. The highest BCUT2D eigenvalue weighted by Gasteiger charge is 2.41. The van der Waals surface area contributed by atoms with Crippen molar-refractivity contribution in [1.29, 1.82) is 0 Å². The van der Waals surface area contributed by atoms with Crippen LogP contribution in [0.15, 0.2) is 24.3 Å². The highest BCUT2D eigenvalue weighted by molar-refractivity contribution is 6.02. The third-order valence-electron chi connectivity index (χ3n) is 4.27. The molecule has 2 unspecified atom stereocenters. The first-order valence-electron chi connectivity index (χ1n) is 6.80. The highest BCUT2D eigenvalue weighted by atomic mass is 16.4. The SMILES string of the molecule is O=C1CCCN(C2CCC2C(=O)O)c2ccccc21. The molecule has 2 atom stereocenters. The van der Waals surface area contributed by atoms with Crippen LogP contribution < -0.4 is 4.90 Å². The molecule has 1 aliphatic heterocycles. The van der Waals surface area contributed by atoms with Gasteiger partial charge >= 0.3 is 5.97 Å². The maximum absolute atomic E-state index is 12.1. The zero-order chi connectivity index (χ0) is 13.4. The van der Waals surface area contributed by atoms with E-state index in [4.69, 9.17) is 0 Å². The molecule has 0 bridgehead atoms. The van der Waals surface area contributed by atoms with E-state index in [0.29, 0.717) is 6.42 Å². The summed E-state index contributed by atoms with van der Waals surface area (Å²) in [7, 11) is 0. The van der Waals surface area contributed by atoms with Crippen molar-refractivity contribution in [2.24, 2.45) is 5.92 Å². The predicted octanol–water partition coefficient (Wildman–Crippen LogP) is 2.33. The number of hydrogen-bond acceptors (Lipinski definition) is 3. The van der Waals surface area contributed by atoms with Gasteiger partial charge in [-0.3, -0.25) is 9.59 Å². The van der Waals surface area contributed by atoms with Crippen LogP contribution in [0.1, 0.15) is 36.0 Å². The lowest BCUT2D eigenvalue weighted by Gasteiger charge is -2.43. The van der Waals surface area contributed by atoms with Crippen LogP contribution in [0.5, 0.6) is 0 Å². The molecule has 4 heteroatoms. The summed E-state index contributed by atoms with van der Waals surface area (Å²) in [5.74, 6) is -0.838. The Morgan fingerprint density at radius 3 is 2.74 bits per heavy atom. The van der Waals surface area contributed by atoms with Crippen LogP contribution in [0.4, 0.5) is 5.69 Å². The molecule has 3 rings (SSSR count). The molecule has 19 heavy (non-hydrogen) atoms. The number of anilines is 1. The van der Waals surface area contributed by atoms with Crippen LogP contribution in [-0.2, 0) is 4.79 Å². The van der Waals surface area contributed by atoms with Gasteiger partial charge in [0.05, 0.1) is 5.92 Å². The molecule has 1 aliphatic carbocycles. The number of ketones is 1. The molecule has 100 valence electrons. The Bertz CT molecular complexity index is 526. The summed E-state index contributed by atoms with van der Waals surface area (Å²) in [6, 6.07) is 7.62. The van der Waals surface area contributed by atoms with Crippen molar-refractivity contribution in [2.45, 2.75) is 31.7 Å². The molecule has 0 aromatic heterocycles. The van der Waals surface area contributed by atoms with Gasteiger partial charge in [-0.15, -0.1) is 0 Å². The Morgan fingerprint density at radius 2 is 2.05 bits per heavy atom. The van der Waals surface area contributed by atoms with E-state index in [9.17, 15) is 14.7 Å². The van der Waals surface area contributed by atoms with Crippen molar-refractivity contribution in [3.63, 3.8) is 0 Å². The van der Waals surface area contributed by atoms with Crippen molar-refractivity contribution in [1.82, 2.24) is 0 Å². The summed E-state index contributed by atoms with van der Waals surface area (Å²) in [5.41, 5.74) is 1.66. The van der Waals surface area contributed by atoms with Gasteiger partial charge in [0.1, 0.15) is 0 Å². The van der Waals surface area contributed by atoms with Crippen LogP contribution in [0.3, 0.4) is 0 Å². The van der Waals surface area contributed by atoms with Crippen LogP contribution in [0.25, 0.3) is 0 Å². The van der Waals surface area contributed by atoms with Crippen molar-refractivity contribution in [2.75, 3.05) is 11.4 Å². The minimum atomic E-state index is -0.718. The lowest BCUT2D eigenvalue weighted by atomic mass is 9.78. The predicted molar refractivity (Wildman–Crippen MR) is 71.5 cm³/mol. The fourth-order valence-corrected chi connectivity index (χ4v) is 3.11. The van der Waals surface area contributed by atoms with Crippen molar-refractivity contribution in [3.05, 3.63) is 29.8 Å². The fourth-order valence-electron chi connectivity index (χ4n) is 3.11. The van der Waals surface area contributed by atoms with Crippen LogP contribution in [0, 0.1) is 5.92 Å². The maximum atomic E-state index is 12.1. The van der Waals surface area contributed by atoms with Gasteiger partial charge in [0.25, 0.3) is 0 Å². The molecule has 0 saturated heterocycles. The van der Waals surface area contributed by atoms with E-state index in [-0.39, 0.29) is 17.7 Å². The van der Waals surface area contributed by atoms with Crippen molar-refractivity contribution < 1.29 is 14.7 Å². The minimum absolute atomic E-state index is 0.0459. The molecule has 2 aliphatic rings. The Hall–Kier alpha value is -1.84. The highest BCUT2D eigenvalue weighted by Crippen LogP contribution is 2.38. The first-order chi connectivity index (χ1) is 9.18. The number of hydrogen-bond donors (Lipinski definition) is 1. The summed E-state index contributed by atoms with van der Waals surface area (Å²) >= 11 is 0. The quantitative estimate of drug-likeness (QED) is 0.885. The molecular weight excluding hydrogens is 242 g/mol. The zero-order valence-electron chi connectivity index (χ0n) is 10.7. The molecule has 4 nitrogen and oxygen atoms in total. The molecule has 1 N–H and O–H groups in total. The van der Waals surface area contributed by atoms with Crippen LogP contribution in [-0.4, -0.2) is 29.4 Å². The molecule has 1 fully saturated rings. The molecule has 1 aromatic rings. The van der Waals surface area contributed by atoms with E-state index in [0.717, 1.165) is 37.1 Å². The second-order valence-electron chi connectivity index (χ2n) is 5.33. The third-order valence-corrected chi connectivity index (χ3v) is 4.27. The number of Topliss-reactive ketones (excluding diaryl/α,β-unsaturated/α-hetero) is 1. The standard InChI is InChI=1S/C15H17NO3/c17-14-6-3-9-16(12-5-2-1-4-10(12)14)13-8-7-11(13)15(18)19/h1-2,4-5,11,13H,3,6-9H2,(H,18,19). The van der Waals surface area contributed by atoms with Crippen molar-refractivity contribution >= 4 is 17.4 Å². The maximum Gasteiger partial charge on any atom is 0.308 e. The molecule has 0 amide bonds. The Labute approximate surface area is 112 Å². The van der Waals surface area contributed by atoms with E-state index >= 15 is 0 Å². The average molecular weight is 259 g/mol. The summed E-state index contributed by atoms with van der Waals surface area (Å²) in [6.07, 6.45) is 3.00. The monoisotopic (exact) mass is 259 g/mol. The van der Waals surface area contributed by atoms with Crippen molar-refractivity contribution in [3.8, 4) is 0 Å². The van der Waals surface area contributed by atoms with Gasteiger partial charge in [0, 0.05) is 30.3 Å². The Kier molecular flexibility index (Phi) is 3.01. The Balaban J connectivity index is 1.96. The average Bonchev–Trinajstić information content (AvgIpc) is 2.49. The number of aliphatic carboxylic acids is 1. The van der Waals surface area contributed by atoms with Gasteiger partial charge < -0.3 is 10.0 Å². The van der Waals surface area contributed by atoms with Gasteiger partial charge in [-0.25, -0.2) is 0 Å². The van der Waals surface area contributed by atoms with E-state index in [2.05, 4.69) is 4.90 Å². The number of fused-ring (bicyclic) bond motifs is 1. The molecule has 1 heterocycles. The second-order valence-corrected chi connectivity index (χ2v) is 5.33. The van der Waals surface area contributed by atoms with Crippen LogP contribution >= 0.6 is 0 Å². The molecule has 1 saturated carbocycles. The molecular formula is C15H17NO3. The van der Waals surface area contributed by atoms with Crippen LogP contribution in [0.2, 0.25) is 0 Å². The molecule has 0 radical (unpaired) electrons. The number of para-hydroxylation sites is 1. The number of carboxylic acid groups (broad SMARTS) is 1. The molecule has 1 aromatic carbocycles. The number of benzene rings is 1. The number of rotatable bonds is 2. The number of carbonyl (C=O) groups is 2. The van der Waals surface area contributed by atoms with E-state index in [1.165, 1.54) is 0 Å². The van der Waals surface area contributed by atoms with Gasteiger partial charge in [-0.05, 0) is 31.4 Å². The number of carboxylic acids is 1. The number of carbonyl (C=O) groups excluding carboxylic acids is 1. The van der Waals surface area contributed by atoms with E-state index in [1.54, 1.807) is 0 Å². The van der Waals surface area contributed by atoms with Gasteiger partial charge in [-0.2, -0.15) is 0 Å². The lowest BCUT2D eigenvalue weighted by molar-refractivity contribution is -0.145. The number of nitrogens with zero attached hydrogens (tertiary/aromatic N) is 1. The first-order valence-corrected chi connectivity index (χ1v) is 6.80. The lowest BCUT2D eigenvalue weighted by Crippen LogP contribution is -2.50. The minimum Gasteiger partial charge on any atom is -0.481 e. The van der Waals surface area contributed by atoms with Gasteiger partial charge in [0.15, 0.2) is 5.78 Å². The summed E-state index contributed by atoms with van der Waals surface area (Å²) < 4.78 is 0. The largest absolute Gasteiger partial charge is 0.481 e. The molecule has 0 spiro atoms. The normalized spacial score (nSPS) is 26.3. The van der Waals surface area contributed by atoms with Gasteiger partial charge in [-0.1, -0.05) is 12.1 Å². The van der Waals surface area contributed by atoms with E-state index in [1.807, 2.05) is 24.3 Å². The smallest absolute Gasteiger partial charge is 0.308 e. The zero-order valence-corrected chi connectivity index (χ0v) is 10.7. The third kappa shape index (κ3) is 2.01. The van der Waals surface area contributed by atoms with E-state index < -0.39 is 5.97 Å². The second kappa shape index (κ2) is 4.68. The van der Waals surface area contributed by atoms with Gasteiger partial charge in [0.2, 0.25) is 0 Å². The Morgan fingerprint density at radius 1 is 1.26 bits per heavy atom. The topological polar surface area (TPSA) is 57.6 Å². The first kappa shape index (κ1) is 12.2. The fraction of sp³-hybridized carbons (Fsp3) is 0.467.